The van der Waals surface area contributed by atoms with Gasteiger partial charge in [0.1, 0.15) is 18.5 Å². The zero-order valence-corrected chi connectivity index (χ0v) is 12.1. The van der Waals surface area contributed by atoms with E-state index in [1.807, 2.05) is 0 Å². The van der Waals surface area contributed by atoms with Gasteiger partial charge in [-0.1, -0.05) is 0 Å². The molecule has 1 aliphatic rings. The molecule has 0 aromatic heterocycles. The Morgan fingerprint density at radius 1 is 1.47 bits per heavy atom. The first-order valence-electron chi connectivity index (χ1n) is 5.90. The lowest BCUT2D eigenvalue weighted by Gasteiger charge is -2.23. The predicted molar refractivity (Wildman–Crippen MR) is 71.5 cm³/mol. The summed E-state index contributed by atoms with van der Waals surface area (Å²) in [6, 6.07) is 5.17. The van der Waals surface area contributed by atoms with Crippen LogP contribution in [0.25, 0.3) is 0 Å². The van der Waals surface area contributed by atoms with E-state index in [1.165, 1.54) is 7.11 Å². The summed E-state index contributed by atoms with van der Waals surface area (Å²) in [7, 11) is 1.34. The SMILES string of the molecule is COC(=O)c1cc(OCC2COCCO2)ccc1Br. The summed E-state index contributed by atoms with van der Waals surface area (Å²) in [4.78, 5) is 11.5. The molecule has 0 bridgehead atoms. The number of esters is 1. The van der Waals surface area contributed by atoms with Crippen molar-refractivity contribution in [3.05, 3.63) is 28.2 Å². The topological polar surface area (TPSA) is 54.0 Å². The highest BCUT2D eigenvalue weighted by Gasteiger charge is 2.16. The van der Waals surface area contributed by atoms with Crippen molar-refractivity contribution >= 4 is 21.9 Å². The zero-order valence-electron chi connectivity index (χ0n) is 10.6. The molecule has 0 N–H and O–H groups in total. The van der Waals surface area contributed by atoms with Crippen LogP contribution >= 0.6 is 15.9 Å². The van der Waals surface area contributed by atoms with Crippen LogP contribution in [0.5, 0.6) is 5.75 Å². The lowest BCUT2D eigenvalue weighted by atomic mass is 10.2. The van der Waals surface area contributed by atoms with Crippen molar-refractivity contribution in [3.63, 3.8) is 0 Å². The molecule has 0 aliphatic carbocycles. The van der Waals surface area contributed by atoms with Gasteiger partial charge in [0.05, 0.1) is 32.5 Å². The normalized spacial score (nSPS) is 18.9. The monoisotopic (exact) mass is 330 g/mol. The van der Waals surface area contributed by atoms with E-state index in [4.69, 9.17) is 18.9 Å². The zero-order chi connectivity index (χ0) is 13.7. The maximum Gasteiger partial charge on any atom is 0.339 e. The van der Waals surface area contributed by atoms with Crippen LogP contribution in [-0.2, 0) is 14.2 Å². The van der Waals surface area contributed by atoms with Gasteiger partial charge in [-0.25, -0.2) is 4.79 Å². The molecule has 1 aromatic carbocycles. The number of hydrogen-bond donors (Lipinski definition) is 0. The fourth-order valence-electron chi connectivity index (χ4n) is 1.68. The second-order valence-corrected chi connectivity index (χ2v) is 4.87. The fraction of sp³-hybridized carbons (Fsp3) is 0.462. The fourth-order valence-corrected chi connectivity index (χ4v) is 2.09. The Morgan fingerprint density at radius 3 is 3.00 bits per heavy atom. The Hall–Kier alpha value is -1.11. The van der Waals surface area contributed by atoms with Crippen molar-refractivity contribution < 1.29 is 23.7 Å². The number of carbonyl (C=O) groups excluding carboxylic acids is 1. The lowest BCUT2D eigenvalue weighted by Crippen LogP contribution is -2.33. The minimum absolute atomic E-state index is 0.0704. The molecular formula is C13H15BrO5. The van der Waals surface area contributed by atoms with Gasteiger partial charge in [0.2, 0.25) is 0 Å². The Labute approximate surface area is 119 Å². The minimum Gasteiger partial charge on any atom is -0.491 e. The molecule has 2 rings (SSSR count). The van der Waals surface area contributed by atoms with E-state index in [0.29, 0.717) is 42.2 Å². The van der Waals surface area contributed by atoms with Gasteiger partial charge in [-0.3, -0.25) is 0 Å². The van der Waals surface area contributed by atoms with Crippen molar-refractivity contribution in [2.24, 2.45) is 0 Å². The van der Waals surface area contributed by atoms with Crippen molar-refractivity contribution in [2.45, 2.75) is 6.10 Å². The number of benzene rings is 1. The third-order valence-corrected chi connectivity index (χ3v) is 3.36. The summed E-state index contributed by atoms with van der Waals surface area (Å²) in [6.45, 7) is 2.13. The first-order valence-corrected chi connectivity index (χ1v) is 6.70. The van der Waals surface area contributed by atoms with Crippen molar-refractivity contribution in [1.29, 1.82) is 0 Å². The van der Waals surface area contributed by atoms with E-state index < -0.39 is 5.97 Å². The summed E-state index contributed by atoms with van der Waals surface area (Å²) in [5.74, 6) is 0.187. The molecule has 0 saturated carbocycles. The molecule has 1 saturated heterocycles. The van der Waals surface area contributed by atoms with E-state index in [2.05, 4.69) is 15.9 Å². The molecule has 1 aromatic rings. The van der Waals surface area contributed by atoms with Crippen LogP contribution in [0.15, 0.2) is 22.7 Å². The molecule has 6 heteroatoms. The number of rotatable bonds is 4. The van der Waals surface area contributed by atoms with Gasteiger partial charge in [-0.2, -0.15) is 0 Å². The quantitative estimate of drug-likeness (QED) is 0.790. The molecule has 0 amide bonds. The average molecular weight is 331 g/mol. The van der Waals surface area contributed by atoms with Crippen LogP contribution in [-0.4, -0.2) is 45.6 Å². The highest BCUT2D eigenvalue weighted by molar-refractivity contribution is 9.10. The largest absolute Gasteiger partial charge is 0.491 e. The second kappa shape index (κ2) is 6.88. The van der Waals surface area contributed by atoms with Gasteiger partial charge in [-0.15, -0.1) is 0 Å². The molecule has 1 fully saturated rings. The molecule has 104 valence electrons. The molecule has 0 radical (unpaired) electrons. The predicted octanol–water partition coefficient (Wildman–Crippen LogP) is 2.03. The lowest BCUT2D eigenvalue weighted by molar-refractivity contribution is -0.101. The van der Waals surface area contributed by atoms with Crippen LogP contribution in [0.4, 0.5) is 0 Å². The summed E-state index contributed by atoms with van der Waals surface area (Å²) in [5.41, 5.74) is 0.431. The van der Waals surface area contributed by atoms with Gasteiger partial charge < -0.3 is 18.9 Å². The number of hydrogen-bond acceptors (Lipinski definition) is 5. The molecular weight excluding hydrogens is 316 g/mol. The first kappa shape index (κ1) is 14.3. The standard InChI is InChI=1S/C13H15BrO5/c1-16-13(15)11-6-9(2-3-12(11)14)19-8-10-7-17-4-5-18-10/h2-3,6,10H,4-5,7-8H2,1H3. The summed E-state index contributed by atoms with van der Waals surface area (Å²) < 4.78 is 21.7. The summed E-state index contributed by atoms with van der Waals surface area (Å²) >= 11 is 3.30. The van der Waals surface area contributed by atoms with E-state index >= 15 is 0 Å². The molecule has 0 spiro atoms. The maximum atomic E-state index is 11.5. The smallest absolute Gasteiger partial charge is 0.339 e. The molecule has 1 aliphatic heterocycles. The highest BCUT2D eigenvalue weighted by Crippen LogP contribution is 2.23. The molecule has 5 nitrogen and oxygen atoms in total. The first-order chi connectivity index (χ1) is 9.20. The van der Waals surface area contributed by atoms with Crippen LogP contribution in [0.3, 0.4) is 0 Å². The van der Waals surface area contributed by atoms with Gasteiger partial charge >= 0.3 is 5.97 Å². The summed E-state index contributed by atoms with van der Waals surface area (Å²) in [5, 5.41) is 0. The van der Waals surface area contributed by atoms with E-state index in [0.717, 1.165) is 0 Å². The molecule has 1 atom stereocenters. The van der Waals surface area contributed by atoms with Gasteiger partial charge in [-0.05, 0) is 34.1 Å². The number of methoxy groups -OCH3 is 1. The van der Waals surface area contributed by atoms with Crippen LogP contribution in [0, 0.1) is 0 Å². The number of ether oxygens (including phenoxy) is 4. The third-order valence-electron chi connectivity index (χ3n) is 2.66. The Balaban J connectivity index is 1.98. The van der Waals surface area contributed by atoms with Crippen LogP contribution in [0.2, 0.25) is 0 Å². The second-order valence-electron chi connectivity index (χ2n) is 4.01. The number of halogens is 1. The molecule has 19 heavy (non-hydrogen) atoms. The van der Waals surface area contributed by atoms with Crippen LogP contribution < -0.4 is 4.74 Å². The third kappa shape index (κ3) is 3.92. The van der Waals surface area contributed by atoms with E-state index in [1.54, 1.807) is 18.2 Å². The van der Waals surface area contributed by atoms with Crippen molar-refractivity contribution in [1.82, 2.24) is 0 Å². The van der Waals surface area contributed by atoms with E-state index in [-0.39, 0.29) is 6.10 Å². The molecule has 1 unspecified atom stereocenters. The van der Waals surface area contributed by atoms with Crippen LogP contribution in [0.1, 0.15) is 10.4 Å². The maximum absolute atomic E-state index is 11.5. The highest BCUT2D eigenvalue weighted by atomic mass is 79.9. The van der Waals surface area contributed by atoms with Crippen molar-refractivity contribution in [2.75, 3.05) is 33.5 Å². The Kier molecular flexibility index (Phi) is 5.18. The Bertz CT molecular complexity index is 443. The van der Waals surface area contributed by atoms with E-state index in [9.17, 15) is 4.79 Å². The molecule has 1 heterocycles. The minimum atomic E-state index is -0.408. The van der Waals surface area contributed by atoms with Gasteiger partial charge in [0.15, 0.2) is 0 Å². The van der Waals surface area contributed by atoms with Gasteiger partial charge in [0.25, 0.3) is 0 Å². The van der Waals surface area contributed by atoms with Crippen molar-refractivity contribution in [3.8, 4) is 5.75 Å². The average Bonchev–Trinajstić information content (AvgIpc) is 2.46. The Morgan fingerprint density at radius 2 is 2.32 bits per heavy atom. The van der Waals surface area contributed by atoms with Gasteiger partial charge in [0, 0.05) is 4.47 Å². The summed E-state index contributed by atoms with van der Waals surface area (Å²) in [6.07, 6.45) is -0.0704. The number of carbonyl (C=O) groups is 1.